The van der Waals surface area contributed by atoms with Crippen molar-refractivity contribution in [2.24, 2.45) is 0 Å². The van der Waals surface area contributed by atoms with Gasteiger partial charge < -0.3 is 0 Å². The summed E-state index contributed by atoms with van der Waals surface area (Å²) in [6, 6.07) is 51.8. The molecule has 0 bridgehead atoms. The van der Waals surface area contributed by atoms with Crippen LogP contribution in [-0.4, -0.2) is 0 Å². The van der Waals surface area contributed by atoms with Crippen molar-refractivity contribution in [1.82, 2.24) is 0 Å². The van der Waals surface area contributed by atoms with E-state index in [0.29, 0.717) is 0 Å². The highest BCUT2D eigenvalue weighted by atomic mass is 14.2. The Balaban J connectivity index is 1.48. The zero-order valence-electron chi connectivity index (χ0n) is 20.9. The highest BCUT2D eigenvalue weighted by molar-refractivity contribution is 6.21. The van der Waals surface area contributed by atoms with Crippen LogP contribution in [0.2, 0.25) is 0 Å². The van der Waals surface area contributed by atoms with Gasteiger partial charge in [-0.2, -0.15) is 0 Å². The Morgan fingerprint density at radius 1 is 0.316 bits per heavy atom. The topological polar surface area (TPSA) is 0 Å². The van der Waals surface area contributed by atoms with E-state index in [2.05, 4.69) is 127 Å². The molecular weight excluding hydrogens is 456 g/mol. The van der Waals surface area contributed by atoms with Crippen LogP contribution in [0.4, 0.5) is 0 Å². The average Bonchev–Trinajstić information content (AvgIpc) is 2.99. The minimum atomic E-state index is 1.01. The van der Waals surface area contributed by atoms with Crippen LogP contribution in [0.5, 0.6) is 0 Å². The van der Waals surface area contributed by atoms with Gasteiger partial charge in [0.15, 0.2) is 0 Å². The largest absolute Gasteiger partial charge is 0.0622 e. The minimum Gasteiger partial charge on any atom is -0.0622 e. The standard InChI is InChI=1S/C38H24/c1-2-11-27(12-3-1)21-22-28-13-10-16-31(25-28)37-33-17-6-8-19-35(33)38(36-20-9-7-18-34(36)37)32-24-23-29-14-4-5-15-30(29)26-32/h1-20,23-26H. The maximum absolute atomic E-state index is 3.37. The van der Waals surface area contributed by atoms with Crippen molar-refractivity contribution in [2.45, 2.75) is 0 Å². The van der Waals surface area contributed by atoms with E-state index < -0.39 is 0 Å². The maximum Gasteiger partial charge on any atom is 0.0255 e. The molecule has 176 valence electrons. The van der Waals surface area contributed by atoms with Gasteiger partial charge in [0.2, 0.25) is 0 Å². The Hall–Kier alpha value is -5.12. The molecular formula is C38H24. The summed E-state index contributed by atoms with van der Waals surface area (Å²) in [4.78, 5) is 0. The van der Waals surface area contributed by atoms with Gasteiger partial charge in [0, 0.05) is 11.1 Å². The summed E-state index contributed by atoms with van der Waals surface area (Å²) in [5, 5.41) is 7.54. The van der Waals surface area contributed by atoms with Crippen molar-refractivity contribution in [3.63, 3.8) is 0 Å². The van der Waals surface area contributed by atoms with Gasteiger partial charge in [-0.05, 0) is 84.9 Å². The first-order valence-corrected chi connectivity index (χ1v) is 13.0. The molecule has 0 heteroatoms. The van der Waals surface area contributed by atoms with Gasteiger partial charge >= 0.3 is 0 Å². The summed E-state index contributed by atoms with van der Waals surface area (Å²) >= 11 is 0. The molecule has 0 aromatic heterocycles. The fourth-order valence-electron chi connectivity index (χ4n) is 5.51. The first kappa shape index (κ1) is 22.1. The van der Waals surface area contributed by atoms with Crippen LogP contribution in [0.1, 0.15) is 11.1 Å². The summed E-state index contributed by atoms with van der Waals surface area (Å²) in [5.74, 6) is 6.68. The molecule has 0 heterocycles. The Kier molecular flexibility index (Phi) is 5.47. The minimum absolute atomic E-state index is 1.01. The highest BCUT2D eigenvalue weighted by Gasteiger charge is 2.16. The predicted molar refractivity (Wildman–Crippen MR) is 162 cm³/mol. The van der Waals surface area contributed by atoms with E-state index in [1.54, 1.807) is 0 Å². The van der Waals surface area contributed by atoms with E-state index in [1.807, 2.05) is 30.3 Å². The molecule has 7 aromatic carbocycles. The molecule has 0 aliphatic carbocycles. The van der Waals surface area contributed by atoms with Crippen molar-refractivity contribution in [3.05, 3.63) is 157 Å². The molecule has 0 nitrogen and oxygen atoms in total. The van der Waals surface area contributed by atoms with Gasteiger partial charge in [0.1, 0.15) is 0 Å². The normalized spacial score (nSPS) is 10.9. The molecule has 0 aliphatic rings. The molecule has 7 rings (SSSR count). The number of fused-ring (bicyclic) bond motifs is 3. The second-order valence-corrected chi connectivity index (χ2v) is 9.60. The van der Waals surface area contributed by atoms with Crippen molar-refractivity contribution < 1.29 is 0 Å². The molecule has 0 N–H and O–H groups in total. The molecule has 0 spiro atoms. The van der Waals surface area contributed by atoms with E-state index in [4.69, 9.17) is 0 Å². The third-order valence-corrected chi connectivity index (χ3v) is 7.25. The van der Waals surface area contributed by atoms with Crippen LogP contribution < -0.4 is 0 Å². The van der Waals surface area contributed by atoms with E-state index >= 15 is 0 Å². The molecule has 0 atom stereocenters. The fourth-order valence-corrected chi connectivity index (χ4v) is 5.51. The van der Waals surface area contributed by atoms with Crippen LogP contribution >= 0.6 is 0 Å². The molecule has 0 amide bonds. The first-order valence-electron chi connectivity index (χ1n) is 13.0. The van der Waals surface area contributed by atoms with Gasteiger partial charge in [0.25, 0.3) is 0 Å². The maximum atomic E-state index is 3.37. The number of benzene rings is 7. The van der Waals surface area contributed by atoms with Crippen LogP contribution in [0.15, 0.2) is 146 Å². The third-order valence-electron chi connectivity index (χ3n) is 7.25. The smallest absolute Gasteiger partial charge is 0.0255 e. The Morgan fingerprint density at radius 3 is 1.47 bits per heavy atom. The fraction of sp³-hybridized carbons (Fsp3) is 0. The van der Waals surface area contributed by atoms with Crippen LogP contribution in [0.3, 0.4) is 0 Å². The van der Waals surface area contributed by atoms with E-state index in [1.165, 1.54) is 54.6 Å². The first-order chi connectivity index (χ1) is 18.8. The zero-order chi connectivity index (χ0) is 25.3. The van der Waals surface area contributed by atoms with Gasteiger partial charge in [-0.1, -0.05) is 127 Å². The summed E-state index contributed by atoms with van der Waals surface area (Å²) in [7, 11) is 0. The molecule has 0 radical (unpaired) electrons. The van der Waals surface area contributed by atoms with E-state index in [9.17, 15) is 0 Å². The summed E-state index contributed by atoms with van der Waals surface area (Å²) in [6.45, 7) is 0. The monoisotopic (exact) mass is 480 g/mol. The summed E-state index contributed by atoms with van der Waals surface area (Å²) in [6.07, 6.45) is 0. The van der Waals surface area contributed by atoms with Crippen molar-refractivity contribution in [2.75, 3.05) is 0 Å². The zero-order valence-corrected chi connectivity index (χ0v) is 20.9. The van der Waals surface area contributed by atoms with Gasteiger partial charge in [-0.3, -0.25) is 0 Å². The lowest BCUT2D eigenvalue weighted by atomic mass is 9.85. The summed E-state index contributed by atoms with van der Waals surface area (Å²) in [5.41, 5.74) is 6.99. The number of hydrogen-bond acceptors (Lipinski definition) is 0. The van der Waals surface area contributed by atoms with Crippen LogP contribution in [0, 0.1) is 11.8 Å². The molecule has 38 heavy (non-hydrogen) atoms. The summed E-state index contributed by atoms with van der Waals surface area (Å²) < 4.78 is 0. The Morgan fingerprint density at radius 2 is 0.816 bits per heavy atom. The molecule has 0 unspecified atom stereocenters. The van der Waals surface area contributed by atoms with E-state index in [0.717, 1.165) is 11.1 Å². The molecule has 0 aliphatic heterocycles. The molecule has 7 aromatic rings. The second-order valence-electron chi connectivity index (χ2n) is 9.60. The quantitative estimate of drug-likeness (QED) is 0.171. The van der Waals surface area contributed by atoms with Gasteiger partial charge in [-0.25, -0.2) is 0 Å². The van der Waals surface area contributed by atoms with Gasteiger partial charge in [-0.15, -0.1) is 0 Å². The predicted octanol–water partition coefficient (Wildman–Crippen LogP) is 9.88. The molecule has 0 saturated heterocycles. The van der Waals surface area contributed by atoms with Crippen molar-refractivity contribution >= 4 is 32.3 Å². The number of rotatable bonds is 2. The lowest BCUT2D eigenvalue weighted by Crippen LogP contribution is -1.91. The number of hydrogen-bond donors (Lipinski definition) is 0. The molecule has 0 fully saturated rings. The lowest BCUT2D eigenvalue weighted by molar-refractivity contribution is 1.61. The van der Waals surface area contributed by atoms with Crippen LogP contribution in [0.25, 0.3) is 54.6 Å². The van der Waals surface area contributed by atoms with Crippen molar-refractivity contribution in [3.8, 4) is 34.1 Å². The lowest BCUT2D eigenvalue weighted by Gasteiger charge is -2.18. The second kappa shape index (κ2) is 9.40. The van der Waals surface area contributed by atoms with Gasteiger partial charge in [0.05, 0.1) is 0 Å². The highest BCUT2D eigenvalue weighted by Crippen LogP contribution is 2.44. The third kappa shape index (κ3) is 3.92. The Labute approximate surface area is 222 Å². The SMILES string of the molecule is C(#Cc1cccc(-c2c3ccccc3c(-c3ccc4ccccc4c3)c3ccccc23)c1)c1ccccc1. The van der Waals surface area contributed by atoms with Crippen LogP contribution in [-0.2, 0) is 0 Å². The molecule has 0 saturated carbocycles. The van der Waals surface area contributed by atoms with E-state index in [-0.39, 0.29) is 0 Å². The Bertz CT molecular complexity index is 1960. The van der Waals surface area contributed by atoms with Crippen molar-refractivity contribution in [1.29, 1.82) is 0 Å². The average molecular weight is 481 g/mol.